The lowest BCUT2D eigenvalue weighted by molar-refractivity contribution is 0.0726. The third kappa shape index (κ3) is 3.40. The van der Waals surface area contributed by atoms with Crippen LogP contribution in [0.1, 0.15) is 35.5 Å². The number of anilines is 3. The molecule has 8 heteroatoms. The minimum atomic E-state index is -0.365. The number of fused-ring (bicyclic) bond motifs is 1. The highest BCUT2D eigenvalue weighted by molar-refractivity contribution is 5.98. The second-order valence-corrected chi connectivity index (χ2v) is 7.43. The van der Waals surface area contributed by atoms with Gasteiger partial charge in [0.1, 0.15) is 17.3 Å². The van der Waals surface area contributed by atoms with E-state index >= 15 is 0 Å². The largest absolute Gasteiger partial charge is 0.378 e. The van der Waals surface area contributed by atoms with Gasteiger partial charge in [0.25, 0.3) is 5.91 Å². The number of morpholine rings is 1. The van der Waals surface area contributed by atoms with Gasteiger partial charge in [0.2, 0.25) is 5.95 Å². The lowest BCUT2D eigenvalue weighted by atomic mass is 10.2. The van der Waals surface area contributed by atoms with Gasteiger partial charge in [0, 0.05) is 24.7 Å². The second-order valence-electron chi connectivity index (χ2n) is 7.43. The van der Waals surface area contributed by atoms with Crippen LogP contribution >= 0.6 is 0 Å². The van der Waals surface area contributed by atoms with Gasteiger partial charge < -0.3 is 19.9 Å². The lowest BCUT2D eigenvalue weighted by Gasteiger charge is -2.27. The molecule has 2 aromatic rings. The fraction of sp³-hybridized carbons (Fsp3) is 0.450. The fourth-order valence-corrected chi connectivity index (χ4v) is 3.46. The molecule has 148 valence electrons. The molecule has 1 N–H and O–H groups in total. The van der Waals surface area contributed by atoms with Gasteiger partial charge in [-0.05, 0) is 38.5 Å². The SMILES string of the molecule is Cc1ccc(F)c(Nc2nc(N3CCOCC3)nc3c2CN(C(C)C)C3=O)c1. The number of amides is 1. The van der Waals surface area contributed by atoms with Crippen LogP contribution in [0.15, 0.2) is 18.2 Å². The van der Waals surface area contributed by atoms with E-state index in [1.54, 1.807) is 17.0 Å². The molecule has 4 rings (SSSR count). The van der Waals surface area contributed by atoms with Gasteiger partial charge in [-0.3, -0.25) is 4.79 Å². The molecule has 0 radical (unpaired) electrons. The van der Waals surface area contributed by atoms with Crippen LogP contribution in [-0.2, 0) is 11.3 Å². The Bertz CT molecular complexity index is 912. The van der Waals surface area contributed by atoms with E-state index in [4.69, 9.17) is 4.74 Å². The van der Waals surface area contributed by atoms with E-state index in [2.05, 4.69) is 15.3 Å². The van der Waals surface area contributed by atoms with Crippen molar-refractivity contribution in [1.82, 2.24) is 14.9 Å². The maximum atomic E-state index is 14.3. The zero-order chi connectivity index (χ0) is 19.8. The van der Waals surface area contributed by atoms with Crippen LogP contribution in [-0.4, -0.2) is 53.1 Å². The number of rotatable bonds is 4. The monoisotopic (exact) mass is 385 g/mol. The van der Waals surface area contributed by atoms with Gasteiger partial charge in [-0.2, -0.15) is 4.98 Å². The molecule has 1 aromatic carbocycles. The van der Waals surface area contributed by atoms with E-state index in [1.165, 1.54) is 6.07 Å². The summed E-state index contributed by atoms with van der Waals surface area (Å²) in [5.41, 5.74) is 2.37. The summed E-state index contributed by atoms with van der Waals surface area (Å²) in [6, 6.07) is 4.91. The molecular formula is C20H24FN5O2. The molecule has 2 aliphatic rings. The van der Waals surface area contributed by atoms with Crippen LogP contribution in [0.5, 0.6) is 0 Å². The van der Waals surface area contributed by atoms with Gasteiger partial charge >= 0.3 is 0 Å². The van der Waals surface area contributed by atoms with E-state index in [9.17, 15) is 9.18 Å². The van der Waals surface area contributed by atoms with E-state index < -0.39 is 0 Å². The number of carbonyl (C=O) groups excluding carboxylic acids is 1. The smallest absolute Gasteiger partial charge is 0.273 e. The quantitative estimate of drug-likeness (QED) is 0.873. The summed E-state index contributed by atoms with van der Waals surface area (Å²) in [6.45, 7) is 8.71. The normalized spacial score (nSPS) is 16.7. The molecule has 1 saturated heterocycles. The van der Waals surface area contributed by atoms with E-state index in [0.29, 0.717) is 61.6 Å². The first-order valence-electron chi connectivity index (χ1n) is 9.52. The Morgan fingerprint density at radius 1 is 1.21 bits per heavy atom. The first-order chi connectivity index (χ1) is 13.4. The maximum absolute atomic E-state index is 14.3. The molecule has 1 amide bonds. The van der Waals surface area contributed by atoms with E-state index in [1.807, 2.05) is 25.7 Å². The minimum absolute atomic E-state index is 0.0390. The molecule has 28 heavy (non-hydrogen) atoms. The molecule has 0 bridgehead atoms. The highest BCUT2D eigenvalue weighted by Gasteiger charge is 2.35. The number of nitrogens with zero attached hydrogens (tertiary/aromatic N) is 4. The number of hydrogen-bond donors (Lipinski definition) is 1. The Hall–Kier alpha value is -2.74. The summed E-state index contributed by atoms with van der Waals surface area (Å²) in [6.07, 6.45) is 0. The molecule has 0 saturated carbocycles. The van der Waals surface area contributed by atoms with Crippen molar-refractivity contribution in [2.45, 2.75) is 33.4 Å². The van der Waals surface area contributed by atoms with Crippen molar-refractivity contribution < 1.29 is 13.9 Å². The first-order valence-corrected chi connectivity index (χ1v) is 9.52. The Morgan fingerprint density at radius 3 is 2.68 bits per heavy atom. The average Bonchev–Trinajstić information content (AvgIpc) is 3.03. The number of hydrogen-bond acceptors (Lipinski definition) is 6. The lowest BCUT2D eigenvalue weighted by Crippen LogP contribution is -2.37. The molecule has 0 atom stereocenters. The van der Waals surface area contributed by atoms with Crippen LogP contribution in [0, 0.1) is 12.7 Å². The van der Waals surface area contributed by atoms with Crippen molar-refractivity contribution in [3.8, 4) is 0 Å². The third-order valence-electron chi connectivity index (χ3n) is 5.08. The minimum Gasteiger partial charge on any atom is -0.378 e. The highest BCUT2D eigenvalue weighted by atomic mass is 19.1. The number of nitrogens with one attached hydrogen (secondary N) is 1. The Morgan fingerprint density at radius 2 is 1.96 bits per heavy atom. The zero-order valence-corrected chi connectivity index (χ0v) is 16.3. The average molecular weight is 385 g/mol. The summed E-state index contributed by atoms with van der Waals surface area (Å²) in [5.74, 6) is 0.467. The van der Waals surface area contributed by atoms with Crippen molar-refractivity contribution in [3.05, 3.63) is 40.8 Å². The molecule has 0 aliphatic carbocycles. The number of ether oxygens (including phenoxy) is 1. The fourth-order valence-electron chi connectivity index (χ4n) is 3.46. The summed E-state index contributed by atoms with van der Waals surface area (Å²) >= 11 is 0. The predicted octanol–water partition coefficient (Wildman–Crippen LogP) is 2.87. The Kier molecular flexibility index (Phi) is 4.89. The number of aryl methyl sites for hydroxylation is 1. The van der Waals surface area contributed by atoms with Crippen molar-refractivity contribution >= 4 is 23.4 Å². The summed E-state index contributed by atoms with van der Waals surface area (Å²) in [5, 5.41) is 3.11. The first kappa shape index (κ1) is 18.6. The second kappa shape index (κ2) is 7.35. The topological polar surface area (TPSA) is 70.6 Å². The molecule has 1 aromatic heterocycles. The van der Waals surface area contributed by atoms with Crippen LogP contribution in [0.25, 0.3) is 0 Å². The van der Waals surface area contributed by atoms with Gasteiger partial charge in [-0.1, -0.05) is 6.07 Å². The summed E-state index contributed by atoms with van der Waals surface area (Å²) in [7, 11) is 0. The summed E-state index contributed by atoms with van der Waals surface area (Å²) in [4.78, 5) is 25.9. The van der Waals surface area contributed by atoms with Crippen LogP contribution in [0.4, 0.5) is 21.8 Å². The molecule has 2 aliphatic heterocycles. The van der Waals surface area contributed by atoms with Crippen LogP contribution in [0.3, 0.4) is 0 Å². The number of halogens is 1. The maximum Gasteiger partial charge on any atom is 0.273 e. The molecule has 0 unspecified atom stereocenters. The molecule has 0 spiro atoms. The van der Waals surface area contributed by atoms with Crippen LogP contribution < -0.4 is 10.2 Å². The molecule has 1 fully saturated rings. The predicted molar refractivity (Wildman–Crippen MR) is 104 cm³/mol. The van der Waals surface area contributed by atoms with E-state index in [-0.39, 0.29) is 17.8 Å². The Labute approximate surface area is 163 Å². The van der Waals surface area contributed by atoms with Crippen molar-refractivity contribution in [2.75, 3.05) is 36.5 Å². The molecule has 7 nitrogen and oxygen atoms in total. The molecular weight excluding hydrogens is 361 g/mol. The standard InChI is InChI=1S/C20H24FN5O2/c1-12(2)26-11-14-17(19(26)27)23-20(25-6-8-28-9-7-25)24-18(14)22-16-10-13(3)4-5-15(16)21/h4-5,10,12H,6-9,11H2,1-3H3,(H,22,23,24). The summed E-state index contributed by atoms with van der Waals surface area (Å²) < 4.78 is 19.7. The van der Waals surface area contributed by atoms with E-state index in [0.717, 1.165) is 5.56 Å². The number of aromatic nitrogens is 2. The Balaban J connectivity index is 1.78. The van der Waals surface area contributed by atoms with Gasteiger partial charge in [0.15, 0.2) is 0 Å². The third-order valence-corrected chi connectivity index (χ3v) is 5.08. The zero-order valence-electron chi connectivity index (χ0n) is 16.3. The van der Waals surface area contributed by atoms with Crippen LogP contribution in [0.2, 0.25) is 0 Å². The van der Waals surface area contributed by atoms with Gasteiger partial charge in [0.05, 0.1) is 25.4 Å². The number of carbonyl (C=O) groups is 1. The molecule has 3 heterocycles. The van der Waals surface area contributed by atoms with Gasteiger partial charge in [-0.15, -0.1) is 0 Å². The van der Waals surface area contributed by atoms with Crippen molar-refractivity contribution in [3.63, 3.8) is 0 Å². The van der Waals surface area contributed by atoms with Crippen molar-refractivity contribution in [2.24, 2.45) is 0 Å². The van der Waals surface area contributed by atoms with Crippen molar-refractivity contribution in [1.29, 1.82) is 0 Å². The van der Waals surface area contributed by atoms with Gasteiger partial charge in [-0.25, -0.2) is 9.37 Å². The highest BCUT2D eigenvalue weighted by Crippen LogP contribution is 2.32. The number of benzene rings is 1.